The van der Waals surface area contributed by atoms with Crippen LogP contribution in [0.1, 0.15) is 19.0 Å². The number of carboxylic acid groups (broad SMARTS) is 1. The second kappa shape index (κ2) is 8.06. The molecule has 22 heavy (non-hydrogen) atoms. The van der Waals surface area contributed by atoms with Crippen molar-refractivity contribution in [3.8, 4) is 0 Å². The van der Waals surface area contributed by atoms with Crippen LogP contribution in [0, 0.1) is 0 Å². The number of amides is 1. The number of aromatic nitrogens is 1. The van der Waals surface area contributed by atoms with E-state index in [2.05, 4.69) is 5.32 Å². The standard InChI is InChI=1S/C14H17FN2O5/c1-2-9-4-3-5-13(20)17(9)8-12(19)16-10(6-14(21)22)11(18)7-15/h3-5,10H,2,6-8H2,1H3,(H,16,19)(H,21,22). The van der Waals surface area contributed by atoms with Gasteiger partial charge in [-0.1, -0.05) is 13.0 Å². The molecule has 1 amide bonds. The molecule has 1 unspecified atom stereocenters. The summed E-state index contributed by atoms with van der Waals surface area (Å²) in [6.07, 6.45) is -0.190. The fourth-order valence-electron chi connectivity index (χ4n) is 1.95. The Labute approximate surface area is 125 Å². The molecule has 0 bridgehead atoms. The van der Waals surface area contributed by atoms with Crippen molar-refractivity contribution in [1.82, 2.24) is 9.88 Å². The number of halogens is 1. The highest BCUT2D eigenvalue weighted by Crippen LogP contribution is 2.00. The molecule has 1 heterocycles. The van der Waals surface area contributed by atoms with Gasteiger partial charge in [0.1, 0.15) is 19.3 Å². The average Bonchev–Trinajstić information content (AvgIpc) is 2.47. The van der Waals surface area contributed by atoms with Crippen molar-refractivity contribution in [3.63, 3.8) is 0 Å². The summed E-state index contributed by atoms with van der Waals surface area (Å²) in [5.74, 6) is -3.08. The number of alkyl halides is 1. The Morgan fingerprint density at radius 2 is 2.05 bits per heavy atom. The number of carbonyl (C=O) groups excluding carboxylic acids is 2. The van der Waals surface area contributed by atoms with E-state index in [0.29, 0.717) is 12.1 Å². The summed E-state index contributed by atoms with van der Waals surface area (Å²) in [6.45, 7) is 0.0747. The van der Waals surface area contributed by atoms with Crippen LogP contribution in [0.2, 0.25) is 0 Å². The number of ketones is 1. The van der Waals surface area contributed by atoms with Crippen molar-refractivity contribution in [3.05, 3.63) is 34.2 Å². The first-order valence-electron chi connectivity index (χ1n) is 6.67. The third-order valence-corrected chi connectivity index (χ3v) is 3.04. The highest BCUT2D eigenvalue weighted by atomic mass is 19.1. The number of Topliss-reactive ketones (excluding diaryl/α,β-unsaturated/α-hetero) is 1. The van der Waals surface area contributed by atoms with Gasteiger partial charge in [0, 0.05) is 11.8 Å². The zero-order chi connectivity index (χ0) is 16.7. The average molecular weight is 312 g/mol. The first-order chi connectivity index (χ1) is 10.4. The molecule has 0 spiro atoms. The third kappa shape index (κ3) is 4.80. The lowest BCUT2D eigenvalue weighted by Crippen LogP contribution is -2.45. The second-order valence-electron chi connectivity index (χ2n) is 4.61. The van der Waals surface area contributed by atoms with E-state index in [-0.39, 0.29) is 12.1 Å². The fourth-order valence-corrected chi connectivity index (χ4v) is 1.95. The largest absolute Gasteiger partial charge is 0.481 e. The molecule has 0 saturated carbocycles. The van der Waals surface area contributed by atoms with Gasteiger partial charge in [0.15, 0.2) is 5.78 Å². The Hall–Kier alpha value is -2.51. The second-order valence-corrected chi connectivity index (χ2v) is 4.61. The first kappa shape index (κ1) is 17.5. The maximum atomic E-state index is 12.4. The molecular formula is C14H17FN2O5. The molecule has 1 rings (SSSR count). The zero-order valence-electron chi connectivity index (χ0n) is 12.0. The van der Waals surface area contributed by atoms with E-state index in [1.165, 1.54) is 10.6 Å². The fraction of sp³-hybridized carbons (Fsp3) is 0.429. The number of rotatable bonds is 8. The zero-order valence-corrected chi connectivity index (χ0v) is 12.0. The summed E-state index contributed by atoms with van der Waals surface area (Å²) in [4.78, 5) is 45.6. The number of carboxylic acids is 1. The normalized spacial score (nSPS) is 11.7. The van der Waals surface area contributed by atoms with Gasteiger partial charge in [0.25, 0.3) is 5.56 Å². The monoisotopic (exact) mass is 312 g/mol. The Balaban J connectivity index is 2.86. The topological polar surface area (TPSA) is 105 Å². The lowest BCUT2D eigenvalue weighted by Gasteiger charge is -2.16. The minimum absolute atomic E-state index is 0.363. The van der Waals surface area contributed by atoms with E-state index in [0.717, 1.165) is 0 Å². The lowest BCUT2D eigenvalue weighted by molar-refractivity contribution is -0.140. The number of nitrogens with zero attached hydrogens (tertiary/aromatic N) is 1. The summed E-state index contributed by atoms with van der Waals surface area (Å²) in [7, 11) is 0. The van der Waals surface area contributed by atoms with Crippen LogP contribution in [0.3, 0.4) is 0 Å². The number of nitrogens with one attached hydrogen (secondary N) is 1. The summed E-state index contributed by atoms with van der Waals surface area (Å²) >= 11 is 0. The van der Waals surface area contributed by atoms with Crippen LogP contribution < -0.4 is 10.9 Å². The van der Waals surface area contributed by atoms with Crippen LogP contribution in [0.4, 0.5) is 4.39 Å². The number of aliphatic carboxylic acids is 1. The van der Waals surface area contributed by atoms with E-state index in [1.807, 2.05) is 6.92 Å². The lowest BCUT2D eigenvalue weighted by atomic mass is 10.1. The minimum Gasteiger partial charge on any atom is -0.481 e. The van der Waals surface area contributed by atoms with Gasteiger partial charge in [-0.05, 0) is 12.5 Å². The highest BCUT2D eigenvalue weighted by molar-refractivity contribution is 5.92. The van der Waals surface area contributed by atoms with Crippen molar-refractivity contribution in [2.75, 3.05) is 6.67 Å². The number of pyridine rings is 1. The van der Waals surface area contributed by atoms with Crippen LogP contribution in [-0.2, 0) is 27.3 Å². The van der Waals surface area contributed by atoms with E-state index in [1.54, 1.807) is 12.1 Å². The predicted octanol–water partition coefficient (Wildman–Crippen LogP) is -0.0912. The molecule has 1 aromatic heterocycles. The van der Waals surface area contributed by atoms with E-state index in [4.69, 9.17) is 5.11 Å². The molecule has 2 N–H and O–H groups in total. The number of carbonyl (C=O) groups is 3. The van der Waals surface area contributed by atoms with Crippen molar-refractivity contribution < 1.29 is 23.9 Å². The van der Waals surface area contributed by atoms with Gasteiger partial charge in [-0.2, -0.15) is 0 Å². The van der Waals surface area contributed by atoms with E-state index < -0.39 is 36.8 Å². The van der Waals surface area contributed by atoms with Crippen molar-refractivity contribution in [2.24, 2.45) is 0 Å². The third-order valence-electron chi connectivity index (χ3n) is 3.04. The summed E-state index contributed by atoms with van der Waals surface area (Å²) in [5, 5.41) is 10.8. The quantitative estimate of drug-likeness (QED) is 0.698. The maximum Gasteiger partial charge on any atom is 0.305 e. The molecule has 1 aromatic rings. The minimum atomic E-state index is -1.44. The van der Waals surface area contributed by atoms with Crippen molar-refractivity contribution >= 4 is 17.7 Å². The maximum absolute atomic E-state index is 12.4. The van der Waals surface area contributed by atoms with E-state index in [9.17, 15) is 23.6 Å². The highest BCUT2D eigenvalue weighted by Gasteiger charge is 2.23. The van der Waals surface area contributed by atoms with Crippen LogP contribution in [0.15, 0.2) is 23.0 Å². The Bertz CT molecular complexity index is 626. The summed E-state index contributed by atoms with van der Waals surface area (Å²) in [6, 6.07) is 3.08. The van der Waals surface area contributed by atoms with Crippen LogP contribution in [0.25, 0.3) is 0 Å². The van der Waals surface area contributed by atoms with Crippen LogP contribution in [-0.4, -0.2) is 40.0 Å². The molecule has 0 saturated heterocycles. The summed E-state index contributed by atoms with van der Waals surface area (Å²) < 4.78 is 13.6. The molecule has 7 nitrogen and oxygen atoms in total. The van der Waals surface area contributed by atoms with Gasteiger partial charge in [0.05, 0.1) is 6.42 Å². The molecule has 0 fully saturated rings. The molecule has 0 aliphatic carbocycles. The molecule has 0 aliphatic heterocycles. The Morgan fingerprint density at radius 1 is 1.36 bits per heavy atom. The number of aryl methyl sites for hydroxylation is 1. The Morgan fingerprint density at radius 3 is 2.59 bits per heavy atom. The molecule has 120 valence electrons. The van der Waals surface area contributed by atoms with Crippen LogP contribution in [0.5, 0.6) is 0 Å². The first-order valence-corrected chi connectivity index (χ1v) is 6.67. The number of hydrogen-bond acceptors (Lipinski definition) is 4. The molecule has 0 aliphatic rings. The van der Waals surface area contributed by atoms with Gasteiger partial charge in [0.2, 0.25) is 5.91 Å². The van der Waals surface area contributed by atoms with Gasteiger partial charge in [-0.25, -0.2) is 4.39 Å². The summed E-state index contributed by atoms with van der Waals surface area (Å²) in [5.41, 5.74) is 0.232. The van der Waals surface area contributed by atoms with Gasteiger partial charge < -0.3 is 15.0 Å². The molecule has 0 aromatic carbocycles. The molecular weight excluding hydrogens is 295 g/mol. The molecule has 8 heteroatoms. The van der Waals surface area contributed by atoms with Crippen LogP contribution >= 0.6 is 0 Å². The van der Waals surface area contributed by atoms with Gasteiger partial charge in [-0.15, -0.1) is 0 Å². The van der Waals surface area contributed by atoms with Crippen molar-refractivity contribution in [2.45, 2.75) is 32.4 Å². The predicted molar refractivity (Wildman–Crippen MR) is 75.2 cm³/mol. The molecule has 0 radical (unpaired) electrons. The Kier molecular flexibility index (Phi) is 6.43. The van der Waals surface area contributed by atoms with Gasteiger partial charge >= 0.3 is 5.97 Å². The number of hydrogen-bond donors (Lipinski definition) is 2. The van der Waals surface area contributed by atoms with Gasteiger partial charge in [-0.3, -0.25) is 19.2 Å². The SMILES string of the molecule is CCc1cccc(=O)n1CC(=O)NC(CC(=O)O)C(=O)CF. The van der Waals surface area contributed by atoms with E-state index >= 15 is 0 Å². The molecule has 1 atom stereocenters. The van der Waals surface area contributed by atoms with Crippen molar-refractivity contribution in [1.29, 1.82) is 0 Å². The smallest absolute Gasteiger partial charge is 0.305 e.